The summed E-state index contributed by atoms with van der Waals surface area (Å²) < 4.78 is 2.07. The quantitative estimate of drug-likeness (QED) is 0.865. The fourth-order valence-electron chi connectivity index (χ4n) is 1.99. The molecule has 2 aromatic heterocycles. The summed E-state index contributed by atoms with van der Waals surface area (Å²) in [7, 11) is 2.01. The summed E-state index contributed by atoms with van der Waals surface area (Å²) in [6.45, 7) is 4.39. The molecule has 0 aliphatic heterocycles. The van der Waals surface area contributed by atoms with Crippen LogP contribution in [-0.2, 0) is 6.42 Å². The number of likely N-dealkylation sites (N-methyl/N-ethyl adjacent to an activating group) is 1. The molecule has 0 saturated heterocycles. The Labute approximate surface area is 113 Å². The predicted octanol–water partition coefficient (Wildman–Crippen LogP) is 3.42. The Hall–Kier alpha value is -1.13. The van der Waals surface area contributed by atoms with E-state index in [-0.39, 0.29) is 0 Å². The van der Waals surface area contributed by atoms with E-state index in [0.29, 0.717) is 12.1 Å². The first-order valence-corrected chi connectivity index (χ1v) is 7.42. The Morgan fingerprint density at radius 2 is 2.28 bits per heavy atom. The van der Waals surface area contributed by atoms with E-state index in [1.807, 2.05) is 7.05 Å². The molecule has 3 nitrogen and oxygen atoms in total. The number of rotatable bonds is 6. The van der Waals surface area contributed by atoms with Gasteiger partial charge in [-0.25, -0.2) is 0 Å². The molecule has 0 aromatic carbocycles. The van der Waals surface area contributed by atoms with Crippen LogP contribution in [0.3, 0.4) is 0 Å². The number of hydrogen-bond acceptors (Lipinski definition) is 3. The molecule has 18 heavy (non-hydrogen) atoms. The van der Waals surface area contributed by atoms with E-state index in [1.165, 1.54) is 5.56 Å². The third kappa shape index (κ3) is 3.00. The number of nitrogens with one attached hydrogen (secondary N) is 1. The average molecular weight is 263 g/mol. The Morgan fingerprint density at radius 1 is 1.44 bits per heavy atom. The van der Waals surface area contributed by atoms with Gasteiger partial charge in [-0.05, 0) is 48.8 Å². The van der Waals surface area contributed by atoms with Crippen molar-refractivity contribution < 1.29 is 0 Å². The summed E-state index contributed by atoms with van der Waals surface area (Å²) >= 11 is 1.74. The van der Waals surface area contributed by atoms with Gasteiger partial charge in [0.05, 0.1) is 5.69 Å². The van der Waals surface area contributed by atoms with E-state index in [2.05, 4.69) is 58.0 Å². The van der Waals surface area contributed by atoms with Gasteiger partial charge in [-0.15, -0.1) is 0 Å². The second-order valence-electron chi connectivity index (χ2n) is 4.65. The number of hydrogen-bond donors (Lipinski definition) is 1. The summed E-state index contributed by atoms with van der Waals surface area (Å²) in [5.41, 5.74) is 2.50. The fourth-order valence-corrected chi connectivity index (χ4v) is 2.70. The Kier molecular flexibility index (Phi) is 4.55. The summed E-state index contributed by atoms with van der Waals surface area (Å²) in [5, 5.41) is 12.3. The van der Waals surface area contributed by atoms with E-state index in [4.69, 9.17) is 0 Å². The molecular weight excluding hydrogens is 242 g/mol. The predicted molar refractivity (Wildman–Crippen MR) is 77.1 cm³/mol. The Bertz CT molecular complexity index is 461. The monoisotopic (exact) mass is 263 g/mol. The van der Waals surface area contributed by atoms with E-state index in [1.54, 1.807) is 11.3 Å². The lowest BCUT2D eigenvalue weighted by molar-refractivity contribution is 0.469. The van der Waals surface area contributed by atoms with Gasteiger partial charge in [0.2, 0.25) is 0 Å². The van der Waals surface area contributed by atoms with Crippen molar-refractivity contribution in [2.24, 2.45) is 0 Å². The van der Waals surface area contributed by atoms with Crippen LogP contribution in [0, 0.1) is 0 Å². The van der Waals surface area contributed by atoms with Crippen molar-refractivity contribution >= 4 is 11.3 Å². The zero-order valence-electron chi connectivity index (χ0n) is 11.3. The van der Waals surface area contributed by atoms with E-state index in [9.17, 15) is 0 Å². The molecule has 0 aliphatic rings. The highest BCUT2D eigenvalue weighted by atomic mass is 32.1. The van der Waals surface area contributed by atoms with Crippen molar-refractivity contribution in [3.63, 3.8) is 0 Å². The first-order chi connectivity index (χ1) is 8.74. The topological polar surface area (TPSA) is 29.9 Å². The minimum absolute atomic E-state index is 0.358. The minimum Gasteiger partial charge on any atom is -0.313 e. The lowest BCUT2D eigenvalue weighted by atomic mass is 10.1. The van der Waals surface area contributed by atoms with Gasteiger partial charge in [0.1, 0.15) is 0 Å². The lowest BCUT2D eigenvalue weighted by Crippen LogP contribution is -2.18. The van der Waals surface area contributed by atoms with Crippen LogP contribution in [0.2, 0.25) is 0 Å². The molecule has 0 aliphatic carbocycles. The van der Waals surface area contributed by atoms with Crippen LogP contribution in [0.4, 0.5) is 0 Å². The van der Waals surface area contributed by atoms with Gasteiger partial charge in [0, 0.05) is 24.7 Å². The molecule has 2 rings (SSSR count). The zero-order chi connectivity index (χ0) is 13.0. The van der Waals surface area contributed by atoms with Crippen LogP contribution >= 0.6 is 11.3 Å². The molecule has 0 radical (unpaired) electrons. The number of thiophene rings is 1. The molecule has 0 saturated carbocycles. The molecule has 98 valence electrons. The van der Waals surface area contributed by atoms with Crippen molar-refractivity contribution in [2.75, 3.05) is 7.05 Å². The molecule has 0 fully saturated rings. The van der Waals surface area contributed by atoms with Crippen molar-refractivity contribution in [2.45, 2.75) is 38.8 Å². The third-order valence-electron chi connectivity index (χ3n) is 3.41. The lowest BCUT2D eigenvalue weighted by Gasteiger charge is -2.13. The molecule has 0 amide bonds. The van der Waals surface area contributed by atoms with Crippen LogP contribution in [0.25, 0.3) is 0 Å². The van der Waals surface area contributed by atoms with Crippen molar-refractivity contribution in [3.8, 4) is 0 Å². The maximum Gasteiger partial charge on any atom is 0.0643 e. The average Bonchev–Trinajstić information content (AvgIpc) is 3.05. The van der Waals surface area contributed by atoms with Crippen LogP contribution < -0.4 is 5.32 Å². The van der Waals surface area contributed by atoms with E-state index < -0.39 is 0 Å². The third-order valence-corrected chi connectivity index (χ3v) is 4.11. The number of aromatic nitrogens is 2. The van der Waals surface area contributed by atoms with Crippen molar-refractivity contribution in [1.29, 1.82) is 0 Å². The zero-order valence-corrected chi connectivity index (χ0v) is 12.1. The first kappa shape index (κ1) is 13.3. The molecule has 2 atom stereocenters. The summed E-state index contributed by atoms with van der Waals surface area (Å²) in [5.74, 6) is 0. The van der Waals surface area contributed by atoms with Gasteiger partial charge in [0.15, 0.2) is 0 Å². The second-order valence-corrected chi connectivity index (χ2v) is 5.43. The maximum atomic E-state index is 4.66. The van der Waals surface area contributed by atoms with Gasteiger partial charge in [-0.1, -0.05) is 6.92 Å². The normalized spacial score (nSPS) is 14.6. The molecule has 2 unspecified atom stereocenters. The van der Waals surface area contributed by atoms with Crippen molar-refractivity contribution in [3.05, 3.63) is 40.3 Å². The van der Waals surface area contributed by atoms with E-state index >= 15 is 0 Å². The smallest absolute Gasteiger partial charge is 0.0643 e. The van der Waals surface area contributed by atoms with Gasteiger partial charge in [-0.3, -0.25) is 4.68 Å². The first-order valence-electron chi connectivity index (χ1n) is 6.48. The van der Waals surface area contributed by atoms with Gasteiger partial charge >= 0.3 is 0 Å². The molecular formula is C14H21N3S. The largest absolute Gasteiger partial charge is 0.313 e. The van der Waals surface area contributed by atoms with Crippen LogP contribution in [0.5, 0.6) is 0 Å². The van der Waals surface area contributed by atoms with Crippen LogP contribution in [-0.4, -0.2) is 16.8 Å². The highest BCUT2D eigenvalue weighted by molar-refractivity contribution is 7.07. The molecule has 0 spiro atoms. The SMILES string of the molecule is CCC(C)n1ccc(CC(NC)c2ccsc2)n1. The Balaban J connectivity index is 2.06. The summed E-state index contributed by atoms with van der Waals surface area (Å²) in [6, 6.07) is 5.14. The maximum absolute atomic E-state index is 4.66. The summed E-state index contributed by atoms with van der Waals surface area (Å²) in [4.78, 5) is 0. The standard InChI is InChI=1S/C14H21N3S/c1-4-11(2)17-7-5-13(16-17)9-14(15-3)12-6-8-18-10-12/h5-8,10-11,14-15H,4,9H2,1-3H3. The Morgan fingerprint density at radius 3 is 2.89 bits per heavy atom. The molecule has 4 heteroatoms. The van der Waals surface area contributed by atoms with Gasteiger partial charge < -0.3 is 5.32 Å². The van der Waals surface area contributed by atoms with Gasteiger partial charge in [0.25, 0.3) is 0 Å². The highest BCUT2D eigenvalue weighted by Gasteiger charge is 2.13. The van der Waals surface area contributed by atoms with Crippen molar-refractivity contribution in [1.82, 2.24) is 15.1 Å². The highest BCUT2D eigenvalue weighted by Crippen LogP contribution is 2.20. The number of nitrogens with zero attached hydrogens (tertiary/aromatic N) is 2. The fraction of sp³-hybridized carbons (Fsp3) is 0.500. The molecule has 2 aromatic rings. The molecule has 1 N–H and O–H groups in total. The second kappa shape index (κ2) is 6.16. The van der Waals surface area contributed by atoms with Crippen LogP contribution in [0.1, 0.15) is 43.6 Å². The summed E-state index contributed by atoms with van der Waals surface area (Å²) in [6.07, 6.45) is 4.14. The van der Waals surface area contributed by atoms with Gasteiger partial charge in [-0.2, -0.15) is 16.4 Å². The molecule has 2 heterocycles. The van der Waals surface area contributed by atoms with E-state index in [0.717, 1.165) is 18.5 Å². The molecule has 0 bridgehead atoms. The van der Waals surface area contributed by atoms with Crippen LogP contribution in [0.15, 0.2) is 29.1 Å². The minimum atomic E-state index is 0.358.